The molecule has 3 rings (SSSR count). The second-order valence-electron chi connectivity index (χ2n) is 8.04. The normalized spacial score (nSPS) is 18.3. The molecule has 0 aromatic heterocycles. The van der Waals surface area contributed by atoms with E-state index in [1.807, 2.05) is 57.1 Å². The number of hydrogen-bond donors (Lipinski definition) is 1. The van der Waals surface area contributed by atoms with Crippen LogP contribution < -0.4 is 4.74 Å². The van der Waals surface area contributed by atoms with Gasteiger partial charge < -0.3 is 19.6 Å². The number of benzene rings is 2. The van der Waals surface area contributed by atoms with Gasteiger partial charge in [-0.1, -0.05) is 23.7 Å². The summed E-state index contributed by atoms with van der Waals surface area (Å²) in [6.45, 7) is 4.81. The van der Waals surface area contributed by atoms with Crippen LogP contribution in [0.3, 0.4) is 0 Å². The van der Waals surface area contributed by atoms with E-state index in [1.165, 1.54) is 4.90 Å². The molecule has 1 atom stereocenters. The Morgan fingerprint density at radius 2 is 1.71 bits per heavy atom. The number of halogens is 1. The van der Waals surface area contributed by atoms with Crippen LogP contribution in [0.4, 0.5) is 0 Å². The van der Waals surface area contributed by atoms with Gasteiger partial charge in [0.05, 0.1) is 17.7 Å². The standard InChI is InChI=1S/C24H27ClN2O4/c1-15(2)31-19-11-7-16(8-12-19)21-20(22(28)17-5-9-18(25)10-6-17)23(29)24(30)27(21)14-13-26(3)4/h5-12,15,21,28H,13-14H2,1-4H3/b22-20+. The summed E-state index contributed by atoms with van der Waals surface area (Å²) in [7, 11) is 3.80. The summed E-state index contributed by atoms with van der Waals surface area (Å²) in [4.78, 5) is 29.3. The van der Waals surface area contributed by atoms with Crippen LogP contribution in [0, 0.1) is 0 Å². The molecule has 1 N–H and O–H groups in total. The number of hydrogen-bond acceptors (Lipinski definition) is 5. The third-order valence-corrected chi connectivity index (χ3v) is 5.27. The maximum atomic E-state index is 13.0. The highest BCUT2D eigenvalue weighted by atomic mass is 35.5. The summed E-state index contributed by atoms with van der Waals surface area (Å²) in [5.41, 5.74) is 1.23. The number of carbonyl (C=O) groups excluding carboxylic acids is 2. The Kier molecular flexibility index (Phi) is 7.03. The summed E-state index contributed by atoms with van der Waals surface area (Å²) >= 11 is 5.95. The molecule has 1 aliphatic rings. The predicted molar refractivity (Wildman–Crippen MR) is 121 cm³/mol. The van der Waals surface area contributed by atoms with Gasteiger partial charge in [0.15, 0.2) is 0 Å². The van der Waals surface area contributed by atoms with Gasteiger partial charge in [-0.15, -0.1) is 0 Å². The lowest BCUT2D eigenvalue weighted by atomic mass is 9.95. The quantitative estimate of drug-likeness (QED) is 0.397. The van der Waals surface area contributed by atoms with E-state index in [9.17, 15) is 14.7 Å². The van der Waals surface area contributed by atoms with Gasteiger partial charge in [-0.25, -0.2) is 0 Å². The monoisotopic (exact) mass is 442 g/mol. The van der Waals surface area contributed by atoms with Crippen LogP contribution >= 0.6 is 11.6 Å². The number of nitrogens with zero attached hydrogens (tertiary/aromatic N) is 2. The lowest BCUT2D eigenvalue weighted by Gasteiger charge is -2.26. The van der Waals surface area contributed by atoms with Gasteiger partial charge in [0.2, 0.25) is 0 Å². The van der Waals surface area contributed by atoms with Crippen LogP contribution in [-0.4, -0.2) is 59.9 Å². The van der Waals surface area contributed by atoms with Gasteiger partial charge in [-0.2, -0.15) is 0 Å². The van der Waals surface area contributed by atoms with E-state index in [0.717, 1.165) is 5.56 Å². The summed E-state index contributed by atoms with van der Waals surface area (Å²) in [5, 5.41) is 11.5. The van der Waals surface area contributed by atoms with Crippen molar-refractivity contribution in [1.29, 1.82) is 0 Å². The molecule has 0 bridgehead atoms. The van der Waals surface area contributed by atoms with Crippen molar-refractivity contribution in [3.8, 4) is 5.75 Å². The average molecular weight is 443 g/mol. The van der Waals surface area contributed by atoms with E-state index in [1.54, 1.807) is 24.3 Å². The Morgan fingerprint density at radius 3 is 2.26 bits per heavy atom. The fourth-order valence-corrected chi connectivity index (χ4v) is 3.66. The van der Waals surface area contributed by atoms with Crippen molar-refractivity contribution in [2.45, 2.75) is 26.0 Å². The molecule has 1 unspecified atom stereocenters. The molecule has 0 radical (unpaired) electrons. The molecule has 0 saturated carbocycles. The van der Waals surface area contributed by atoms with E-state index >= 15 is 0 Å². The van der Waals surface area contributed by atoms with E-state index in [0.29, 0.717) is 29.4 Å². The largest absolute Gasteiger partial charge is 0.507 e. The second-order valence-corrected chi connectivity index (χ2v) is 8.47. The minimum atomic E-state index is -0.696. The van der Waals surface area contributed by atoms with E-state index in [-0.39, 0.29) is 17.4 Å². The minimum absolute atomic E-state index is 0.0291. The number of ether oxygens (including phenoxy) is 1. The summed E-state index contributed by atoms with van der Waals surface area (Å²) in [6.07, 6.45) is 0.0291. The maximum absolute atomic E-state index is 13.0. The minimum Gasteiger partial charge on any atom is -0.507 e. The Balaban J connectivity index is 2.08. The van der Waals surface area contributed by atoms with Crippen molar-refractivity contribution in [2.24, 2.45) is 0 Å². The van der Waals surface area contributed by atoms with Crippen LogP contribution in [0.25, 0.3) is 5.76 Å². The molecule has 1 aliphatic heterocycles. The first-order valence-corrected chi connectivity index (χ1v) is 10.5. The lowest BCUT2D eigenvalue weighted by Crippen LogP contribution is -2.35. The highest BCUT2D eigenvalue weighted by molar-refractivity contribution is 6.46. The first-order chi connectivity index (χ1) is 14.7. The van der Waals surface area contributed by atoms with Gasteiger partial charge >= 0.3 is 0 Å². The topological polar surface area (TPSA) is 70.1 Å². The zero-order valence-corrected chi connectivity index (χ0v) is 18.9. The Labute approximate surface area is 187 Å². The van der Waals surface area contributed by atoms with Crippen molar-refractivity contribution in [2.75, 3.05) is 27.2 Å². The Morgan fingerprint density at radius 1 is 1.10 bits per heavy atom. The van der Waals surface area contributed by atoms with Crippen molar-refractivity contribution in [1.82, 2.24) is 9.80 Å². The van der Waals surface area contributed by atoms with Crippen LogP contribution in [0.1, 0.15) is 31.0 Å². The van der Waals surface area contributed by atoms with Crippen LogP contribution in [0.5, 0.6) is 5.75 Å². The molecule has 6 nitrogen and oxygen atoms in total. The Hall–Kier alpha value is -2.83. The highest BCUT2D eigenvalue weighted by Gasteiger charge is 2.45. The lowest BCUT2D eigenvalue weighted by molar-refractivity contribution is -0.140. The third-order valence-electron chi connectivity index (χ3n) is 5.01. The van der Waals surface area contributed by atoms with Crippen LogP contribution in [0.2, 0.25) is 5.02 Å². The van der Waals surface area contributed by atoms with Gasteiger partial charge in [-0.05, 0) is 69.9 Å². The number of carbonyl (C=O) groups is 2. The fraction of sp³-hybridized carbons (Fsp3) is 0.333. The average Bonchev–Trinajstić information content (AvgIpc) is 2.97. The molecule has 31 heavy (non-hydrogen) atoms. The van der Waals surface area contributed by atoms with Crippen molar-refractivity contribution >= 4 is 29.1 Å². The number of ketones is 1. The number of amides is 1. The van der Waals surface area contributed by atoms with Crippen molar-refractivity contribution in [3.63, 3.8) is 0 Å². The summed E-state index contributed by atoms with van der Waals surface area (Å²) < 4.78 is 5.71. The Bertz CT molecular complexity index is 982. The predicted octanol–water partition coefficient (Wildman–Crippen LogP) is 4.11. The number of likely N-dealkylation sites (tertiary alicyclic amines) is 1. The molecular weight excluding hydrogens is 416 g/mol. The van der Waals surface area contributed by atoms with E-state index < -0.39 is 17.7 Å². The SMILES string of the molecule is CC(C)Oc1ccc(C2/C(=C(\O)c3ccc(Cl)cc3)C(=O)C(=O)N2CCN(C)C)cc1. The number of likely N-dealkylation sites (N-methyl/N-ethyl adjacent to an activating group) is 1. The van der Waals surface area contributed by atoms with Crippen molar-refractivity contribution in [3.05, 3.63) is 70.3 Å². The first-order valence-electron chi connectivity index (χ1n) is 10.1. The third kappa shape index (κ3) is 5.09. The van der Waals surface area contributed by atoms with Crippen LogP contribution in [-0.2, 0) is 9.59 Å². The first kappa shape index (κ1) is 22.8. The molecule has 1 fully saturated rings. The van der Waals surface area contributed by atoms with Crippen molar-refractivity contribution < 1.29 is 19.4 Å². The highest BCUT2D eigenvalue weighted by Crippen LogP contribution is 2.39. The molecule has 0 spiro atoms. The zero-order valence-electron chi connectivity index (χ0n) is 18.1. The molecule has 164 valence electrons. The van der Waals surface area contributed by atoms with Gasteiger partial charge in [-0.3, -0.25) is 9.59 Å². The number of aliphatic hydroxyl groups excluding tert-OH is 1. The second kappa shape index (κ2) is 9.54. The van der Waals surface area contributed by atoms with Crippen LogP contribution in [0.15, 0.2) is 54.1 Å². The molecule has 1 saturated heterocycles. The molecule has 7 heteroatoms. The molecule has 0 aliphatic carbocycles. The number of rotatable bonds is 7. The smallest absolute Gasteiger partial charge is 0.295 e. The molecule has 1 amide bonds. The van der Waals surface area contributed by atoms with Gasteiger partial charge in [0.1, 0.15) is 11.5 Å². The molecule has 1 heterocycles. The number of Topliss-reactive ketones (excluding diaryl/α,β-unsaturated/α-hetero) is 1. The number of aliphatic hydroxyl groups is 1. The molecule has 2 aromatic carbocycles. The molecular formula is C24H27ClN2O4. The van der Waals surface area contributed by atoms with Gasteiger partial charge in [0, 0.05) is 23.7 Å². The molecule has 2 aromatic rings. The summed E-state index contributed by atoms with van der Waals surface area (Å²) in [5.74, 6) is -0.833. The maximum Gasteiger partial charge on any atom is 0.295 e. The van der Waals surface area contributed by atoms with E-state index in [4.69, 9.17) is 16.3 Å². The fourth-order valence-electron chi connectivity index (χ4n) is 3.53. The van der Waals surface area contributed by atoms with E-state index in [2.05, 4.69) is 0 Å². The zero-order chi connectivity index (χ0) is 22.7. The summed E-state index contributed by atoms with van der Waals surface area (Å²) in [6, 6.07) is 13.1. The van der Waals surface area contributed by atoms with Gasteiger partial charge in [0.25, 0.3) is 11.7 Å².